The van der Waals surface area contributed by atoms with Crippen molar-refractivity contribution in [3.8, 4) is 0 Å². The van der Waals surface area contributed by atoms with E-state index < -0.39 is 16.0 Å². The Bertz CT molecular complexity index is 348. The minimum absolute atomic E-state index is 0.0577. The standard InChI is InChI=1S/C10H19NO5S/c1-3-11(7-10(12)15-2)17(13,14)8-9-5-4-6-16-9/h9H,3-8H2,1-2H3. The van der Waals surface area contributed by atoms with Crippen molar-refractivity contribution in [1.29, 1.82) is 0 Å². The lowest BCUT2D eigenvalue weighted by Gasteiger charge is -2.20. The van der Waals surface area contributed by atoms with E-state index in [0.717, 1.165) is 17.1 Å². The number of nitrogens with zero attached hydrogens (tertiary/aromatic N) is 1. The highest BCUT2D eigenvalue weighted by molar-refractivity contribution is 7.89. The van der Waals surface area contributed by atoms with Crippen LogP contribution in [0.25, 0.3) is 0 Å². The quantitative estimate of drug-likeness (QED) is 0.632. The molecule has 6 nitrogen and oxygen atoms in total. The molecule has 1 aliphatic heterocycles. The molecule has 1 fully saturated rings. The number of sulfonamides is 1. The first kappa shape index (κ1) is 14.4. The highest BCUT2D eigenvalue weighted by Gasteiger charge is 2.29. The molecule has 0 spiro atoms. The summed E-state index contributed by atoms with van der Waals surface area (Å²) >= 11 is 0. The van der Waals surface area contributed by atoms with E-state index in [1.807, 2.05) is 0 Å². The maximum Gasteiger partial charge on any atom is 0.321 e. The van der Waals surface area contributed by atoms with Gasteiger partial charge in [0.25, 0.3) is 0 Å². The summed E-state index contributed by atoms with van der Waals surface area (Å²) in [6.07, 6.45) is 1.41. The van der Waals surface area contributed by atoms with Gasteiger partial charge in [0.05, 0.1) is 19.0 Å². The maximum atomic E-state index is 12.0. The third kappa shape index (κ3) is 4.25. The first-order valence-electron chi connectivity index (χ1n) is 5.66. The molecular weight excluding hydrogens is 246 g/mol. The van der Waals surface area contributed by atoms with Crippen LogP contribution in [-0.4, -0.2) is 57.4 Å². The van der Waals surface area contributed by atoms with Crippen molar-refractivity contribution in [3.63, 3.8) is 0 Å². The number of rotatable bonds is 6. The zero-order valence-corrected chi connectivity index (χ0v) is 11.0. The Balaban J connectivity index is 2.61. The van der Waals surface area contributed by atoms with Crippen molar-refractivity contribution in [2.45, 2.75) is 25.9 Å². The van der Waals surface area contributed by atoms with Gasteiger partial charge in [0.1, 0.15) is 6.54 Å². The molecule has 0 aromatic heterocycles. The summed E-state index contributed by atoms with van der Waals surface area (Å²) in [5.41, 5.74) is 0. The third-order valence-electron chi connectivity index (χ3n) is 2.70. The maximum absolute atomic E-state index is 12.0. The Morgan fingerprint density at radius 1 is 1.53 bits per heavy atom. The first-order chi connectivity index (χ1) is 7.99. The smallest absolute Gasteiger partial charge is 0.321 e. The van der Waals surface area contributed by atoms with Crippen LogP contribution in [0.5, 0.6) is 0 Å². The molecule has 1 heterocycles. The van der Waals surface area contributed by atoms with Crippen LogP contribution in [0.4, 0.5) is 0 Å². The van der Waals surface area contributed by atoms with Gasteiger partial charge in [0.2, 0.25) is 10.0 Å². The first-order valence-corrected chi connectivity index (χ1v) is 7.26. The lowest BCUT2D eigenvalue weighted by Crippen LogP contribution is -2.40. The van der Waals surface area contributed by atoms with E-state index in [2.05, 4.69) is 4.74 Å². The van der Waals surface area contributed by atoms with Gasteiger partial charge in [-0.05, 0) is 12.8 Å². The Hall–Kier alpha value is -0.660. The van der Waals surface area contributed by atoms with E-state index >= 15 is 0 Å². The van der Waals surface area contributed by atoms with Gasteiger partial charge in [-0.3, -0.25) is 4.79 Å². The second-order valence-corrected chi connectivity index (χ2v) is 5.93. The number of ether oxygens (including phenoxy) is 2. The molecule has 0 aromatic rings. The monoisotopic (exact) mass is 265 g/mol. The summed E-state index contributed by atoms with van der Waals surface area (Å²) in [4.78, 5) is 11.1. The molecule has 0 aliphatic carbocycles. The van der Waals surface area contributed by atoms with Gasteiger partial charge >= 0.3 is 5.97 Å². The van der Waals surface area contributed by atoms with Crippen LogP contribution in [0.1, 0.15) is 19.8 Å². The van der Waals surface area contributed by atoms with Gasteiger partial charge in [0, 0.05) is 13.2 Å². The topological polar surface area (TPSA) is 72.9 Å². The predicted octanol–water partition coefficient (Wildman–Crippen LogP) is -0.00990. The van der Waals surface area contributed by atoms with Gasteiger partial charge in [-0.1, -0.05) is 6.92 Å². The molecule has 1 rings (SSSR count). The van der Waals surface area contributed by atoms with Crippen LogP contribution in [0.2, 0.25) is 0 Å². The lowest BCUT2D eigenvalue weighted by atomic mass is 10.3. The van der Waals surface area contributed by atoms with Crippen molar-refractivity contribution in [2.75, 3.05) is 32.6 Å². The number of carbonyl (C=O) groups is 1. The van der Waals surface area contributed by atoms with Crippen LogP contribution >= 0.6 is 0 Å². The van der Waals surface area contributed by atoms with Gasteiger partial charge in [-0.2, -0.15) is 4.31 Å². The van der Waals surface area contributed by atoms with E-state index in [-0.39, 0.29) is 24.9 Å². The second kappa shape index (κ2) is 6.32. The number of carbonyl (C=O) groups excluding carboxylic acids is 1. The average Bonchev–Trinajstić information content (AvgIpc) is 2.76. The van der Waals surface area contributed by atoms with Crippen LogP contribution in [0.15, 0.2) is 0 Å². The number of hydrogen-bond acceptors (Lipinski definition) is 5. The summed E-state index contributed by atoms with van der Waals surface area (Å²) in [5.74, 6) is -0.611. The molecule has 0 saturated carbocycles. The highest BCUT2D eigenvalue weighted by atomic mass is 32.2. The molecule has 0 radical (unpaired) electrons. The van der Waals surface area contributed by atoms with E-state index in [9.17, 15) is 13.2 Å². The van der Waals surface area contributed by atoms with Crippen molar-refractivity contribution in [3.05, 3.63) is 0 Å². The van der Waals surface area contributed by atoms with E-state index in [0.29, 0.717) is 6.61 Å². The van der Waals surface area contributed by atoms with Gasteiger partial charge in [-0.25, -0.2) is 8.42 Å². The largest absolute Gasteiger partial charge is 0.468 e. The van der Waals surface area contributed by atoms with Crippen molar-refractivity contribution < 1.29 is 22.7 Å². The summed E-state index contributed by atoms with van der Waals surface area (Å²) in [7, 11) is -2.21. The minimum Gasteiger partial charge on any atom is -0.468 e. The van der Waals surface area contributed by atoms with Crippen LogP contribution in [-0.2, 0) is 24.3 Å². The summed E-state index contributed by atoms with van der Waals surface area (Å²) < 4.78 is 34.9. The van der Waals surface area contributed by atoms with Crippen LogP contribution in [0, 0.1) is 0 Å². The number of esters is 1. The predicted molar refractivity (Wildman–Crippen MR) is 62.0 cm³/mol. The van der Waals surface area contributed by atoms with Crippen molar-refractivity contribution >= 4 is 16.0 Å². The second-order valence-electron chi connectivity index (χ2n) is 3.92. The Morgan fingerprint density at radius 3 is 2.71 bits per heavy atom. The molecule has 1 atom stereocenters. The Labute approximate surface area is 102 Å². The van der Waals surface area contributed by atoms with Crippen LogP contribution < -0.4 is 0 Å². The fourth-order valence-corrected chi connectivity index (χ4v) is 3.37. The molecule has 0 N–H and O–H groups in total. The minimum atomic E-state index is -3.45. The summed E-state index contributed by atoms with van der Waals surface area (Å²) in [6.45, 7) is 2.32. The summed E-state index contributed by atoms with van der Waals surface area (Å²) in [5, 5.41) is 0. The van der Waals surface area contributed by atoms with E-state index in [1.54, 1.807) is 6.92 Å². The SMILES string of the molecule is CCN(CC(=O)OC)S(=O)(=O)CC1CCCO1. The molecule has 0 aromatic carbocycles. The normalized spacial score (nSPS) is 20.8. The molecule has 17 heavy (non-hydrogen) atoms. The van der Waals surface area contributed by atoms with Crippen LogP contribution in [0.3, 0.4) is 0 Å². The number of hydrogen-bond donors (Lipinski definition) is 0. The van der Waals surface area contributed by atoms with Gasteiger partial charge in [-0.15, -0.1) is 0 Å². The zero-order chi connectivity index (χ0) is 12.9. The molecule has 1 unspecified atom stereocenters. The molecule has 0 bridgehead atoms. The summed E-state index contributed by atoms with van der Waals surface area (Å²) in [6, 6.07) is 0. The molecule has 0 amide bonds. The molecule has 1 saturated heterocycles. The lowest BCUT2D eigenvalue weighted by molar-refractivity contribution is -0.140. The average molecular weight is 265 g/mol. The molecule has 7 heteroatoms. The molecular formula is C10H19NO5S. The Kier molecular flexibility index (Phi) is 5.35. The highest BCUT2D eigenvalue weighted by Crippen LogP contribution is 2.16. The molecule has 1 aliphatic rings. The Morgan fingerprint density at radius 2 is 2.24 bits per heavy atom. The number of likely N-dealkylation sites (N-methyl/N-ethyl adjacent to an activating group) is 1. The third-order valence-corrected chi connectivity index (χ3v) is 4.67. The van der Waals surface area contributed by atoms with Crippen molar-refractivity contribution in [1.82, 2.24) is 4.31 Å². The fourth-order valence-electron chi connectivity index (χ4n) is 1.73. The van der Waals surface area contributed by atoms with E-state index in [1.165, 1.54) is 7.11 Å². The molecule has 100 valence electrons. The number of methoxy groups -OCH3 is 1. The van der Waals surface area contributed by atoms with Crippen molar-refractivity contribution in [2.24, 2.45) is 0 Å². The fraction of sp³-hybridized carbons (Fsp3) is 0.900. The van der Waals surface area contributed by atoms with Gasteiger partial charge < -0.3 is 9.47 Å². The van der Waals surface area contributed by atoms with Gasteiger partial charge in [0.15, 0.2) is 0 Å². The van der Waals surface area contributed by atoms with E-state index in [4.69, 9.17) is 4.74 Å². The zero-order valence-electron chi connectivity index (χ0n) is 10.2.